The first-order valence-corrected chi connectivity index (χ1v) is 14.0. The highest BCUT2D eigenvalue weighted by Gasteiger charge is 2.32. The van der Waals surface area contributed by atoms with Crippen LogP contribution in [0.15, 0.2) is 58.5 Å². The van der Waals surface area contributed by atoms with Gasteiger partial charge in [0.25, 0.3) is 0 Å². The van der Waals surface area contributed by atoms with E-state index < -0.39 is 0 Å². The number of aromatic nitrogens is 4. The third-order valence-corrected chi connectivity index (χ3v) is 8.23. The van der Waals surface area contributed by atoms with E-state index in [9.17, 15) is 13.6 Å². The normalized spacial score (nSPS) is 18.2. The molecule has 4 aromatic rings. The van der Waals surface area contributed by atoms with Crippen molar-refractivity contribution in [1.82, 2.24) is 29.8 Å². The van der Waals surface area contributed by atoms with E-state index in [1.165, 1.54) is 35.6 Å². The lowest BCUT2D eigenvalue weighted by Gasteiger charge is -2.44. The van der Waals surface area contributed by atoms with Crippen molar-refractivity contribution in [2.45, 2.75) is 45.3 Å². The van der Waals surface area contributed by atoms with Gasteiger partial charge in [-0.3, -0.25) is 9.69 Å². The Hall–Kier alpha value is -3.02. The average molecular weight is 602 g/mol. The van der Waals surface area contributed by atoms with E-state index in [-0.39, 0.29) is 36.0 Å². The number of hydrogen-bond acceptors (Lipinski definition) is 6. The van der Waals surface area contributed by atoms with Crippen molar-refractivity contribution >= 4 is 33.2 Å². The summed E-state index contributed by atoms with van der Waals surface area (Å²) in [5.74, 6) is -0.516. The zero-order chi connectivity index (χ0) is 26.8. The standard InChI is InChI=1S/C27H27BrF2N6OS/c1-17-12-34(27(37)11-22-16-38-26(31-22)9-19-3-5-20(29)6-4-19)13-18(2)35(17)14-23-15-36(33-32-23)25-8-7-21(30)10-24(25)28/h3-8,10,15-18H,9,11-14H2,1-2H3/t17-,18+. The first-order valence-electron chi connectivity index (χ1n) is 12.3. The Morgan fingerprint density at radius 2 is 1.76 bits per heavy atom. The molecule has 0 spiro atoms. The molecule has 7 nitrogen and oxygen atoms in total. The second-order valence-electron chi connectivity index (χ2n) is 9.63. The van der Waals surface area contributed by atoms with Gasteiger partial charge in [-0.05, 0) is 65.7 Å². The van der Waals surface area contributed by atoms with Crippen LogP contribution in [-0.4, -0.2) is 60.9 Å². The van der Waals surface area contributed by atoms with Crippen LogP contribution in [0, 0.1) is 11.6 Å². The van der Waals surface area contributed by atoms with Crippen molar-refractivity contribution in [2.75, 3.05) is 13.1 Å². The van der Waals surface area contributed by atoms with Gasteiger partial charge >= 0.3 is 0 Å². The summed E-state index contributed by atoms with van der Waals surface area (Å²) in [5, 5.41) is 11.4. The van der Waals surface area contributed by atoms with Gasteiger partial charge in [0.05, 0.1) is 34.7 Å². The number of halogens is 3. The van der Waals surface area contributed by atoms with Gasteiger partial charge in [0, 0.05) is 48.0 Å². The number of piperazine rings is 1. The van der Waals surface area contributed by atoms with E-state index >= 15 is 0 Å². The van der Waals surface area contributed by atoms with Crippen LogP contribution in [0.3, 0.4) is 0 Å². The second-order valence-corrected chi connectivity index (χ2v) is 11.4. The molecule has 0 N–H and O–H groups in total. The molecule has 11 heteroatoms. The van der Waals surface area contributed by atoms with E-state index in [1.54, 1.807) is 22.9 Å². The van der Waals surface area contributed by atoms with Gasteiger partial charge in [0.2, 0.25) is 5.91 Å². The van der Waals surface area contributed by atoms with Crippen molar-refractivity contribution in [3.05, 3.63) is 92.1 Å². The minimum absolute atomic E-state index is 0.0640. The zero-order valence-corrected chi connectivity index (χ0v) is 23.4. The number of amides is 1. The molecule has 3 heterocycles. The predicted molar refractivity (Wildman–Crippen MR) is 145 cm³/mol. The Labute approximate surface area is 232 Å². The van der Waals surface area contributed by atoms with Crippen molar-refractivity contribution in [3.8, 4) is 5.69 Å². The SMILES string of the molecule is C[C@@H]1CN(C(=O)Cc2csc(Cc3ccc(F)cc3)n2)C[C@H](C)N1Cc1cn(-c2ccc(F)cc2Br)nn1. The Morgan fingerprint density at radius 1 is 1.05 bits per heavy atom. The molecular formula is C27H27BrF2N6OS. The number of benzene rings is 2. The number of carbonyl (C=O) groups is 1. The fourth-order valence-electron chi connectivity index (χ4n) is 4.77. The summed E-state index contributed by atoms with van der Waals surface area (Å²) in [7, 11) is 0. The highest BCUT2D eigenvalue weighted by atomic mass is 79.9. The molecule has 2 aromatic heterocycles. The largest absolute Gasteiger partial charge is 0.339 e. The molecule has 198 valence electrons. The smallest absolute Gasteiger partial charge is 0.228 e. The van der Waals surface area contributed by atoms with Crippen LogP contribution < -0.4 is 0 Å². The van der Waals surface area contributed by atoms with Crippen LogP contribution in [0.25, 0.3) is 5.69 Å². The summed E-state index contributed by atoms with van der Waals surface area (Å²) in [6, 6.07) is 11.1. The lowest BCUT2D eigenvalue weighted by Crippen LogP contribution is -2.57. The van der Waals surface area contributed by atoms with Crippen LogP contribution >= 0.6 is 27.3 Å². The predicted octanol–water partition coefficient (Wildman–Crippen LogP) is 5.02. The second kappa shape index (κ2) is 11.4. The van der Waals surface area contributed by atoms with E-state index in [2.05, 4.69) is 50.0 Å². The number of hydrogen-bond donors (Lipinski definition) is 0. The van der Waals surface area contributed by atoms with Gasteiger partial charge in [-0.15, -0.1) is 16.4 Å². The van der Waals surface area contributed by atoms with Gasteiger partial charge in [-0.1, -0.05) is 17.3 Å². The summed E-state index contributed by atoms with van der Waals surface area (Å²) in [5.41, 5.74) is 3.27. The maximum Gasteiger partial charge on any atom is 0.228 e. The van der Waals surface area contributed by atoms with E-state index in [4.69, 9.17) is 0 Å². The third kappa shape index (κ3) is 6.16. The van der Waals surface area contributed by atoms with Crippen molar-refractivity contribution in [1.29, 1.82) is 0 Å². The molecule has 5 rings (SSSR count). The topological polar surface area (TPSA) is 67.2 Å². The third-order valence-electron chi connectivity index (χ3n) is 6.70. The summed E-state index contributed by atoms with van der Waals surface area (Å²) in [4.78, 5) is 22.0. The highest BCUT2D eigenvalue weighted by molar-refractivity contribution is 9.10. The maximum absolute atomic E-state index is 13.4. The minimum atomic E-state index is -0.323. The van der Waals surface area contributed by atoms with Crippen LogP contribution in [-0.2, 0) is 24.2 Å². The maximum atomic E-state index is 13.4. The Kier molecular flexibility index (Phi) is 7.96. The van der Waals surface area contributed by atoms with Gasteiger partial charge in [-0.2, -0.15) is 0 Å². The molecule has 38 heavy (non-hydrogen) atoms. The average Bonchev–Trinajstić information content (AvgIpc) is 3.52. The number of carbonyl (C=O) groups excluding carboxylic acids is 1. The van der Waals surface area contributed by atoms with Gasteiger partial charge < -0.3 is 4.90 Å². The molecular weight excluding hydrogens is 574 g/mol. The molecule has 2 aromatic carbocycles. The molecule has 2 atom stereocenters. The molecule has 1 fully saturated rings. The summed E-state index contributed by atoms with van der Waals surface area (Å²) in [6.07, 6.45) is 2.73. The Balaban J connectivity index is 1.17. The highest BCUT2D eigenvalue weighted by Crippen LogP contribution is 2.23. The fourth-order valence-corrected chi connectivity index (χ4v) is 6.13. The summed E-state index contributed by atoms with van der Waals surface area (Å²) in [6.45, 7) is 6.06. The van der Waals surface area contributed by atoms with Gasteiger partial charge in [0.15, 0.2) is 0 Å². The van der Waals surface area contributed by atoms with E-state index in [0.717, 1.165) is 22.0 Å². The van der Waals surface area contributed by atoms with Crippen LogP contribution in [0.1, 0.15) is 35.8 Å². The van der Waals surface area contributed by atoms with E-state index in [0.29, 0.717) is 36.2 Å². The fraction of sp³-hybridized carbons (Fsp3) is 0.333. The molecule has 0 bridgehead atoms. The molecule has 0 aliphatic carbocycles. The number of nitrogens with zero attached hydrogens (tertiary/aromatic N) is 6. The first kappa shape index (κ1) is 26.6. The Morgan fingerprint density at radius 3 is 2.47 bits per heavy atom. The van der Waals surface area contributed by atoms with Crippen LogP contribution in [0.2, 0.25) is 0 Å². The first-order chi connectivity index (χ1) is 18.2. The van der Waals surface area contributed by atoms with Crippen molar-refractivity contribution < 1.29 is 13.6 Å². The monoisotopic (exact) mass is 600 g/mol. The number of rotatable bonds is 7. The van der Waals surface area contributed by atoms with Gasteiger partial charge in [-0.25, -0.2) is 18.4 Å². The molecule has 1 aliphatic heterocycles. The number of thiazole rings is 1. The molecule has 0 unspecified atom stereocenters. The van der Waals surface area contributed by atoms with E-state index in [1.807, 2.05) is 16.5 Å². The lowest BCUT2D eigenvalue weighted by atomic mass is 10.1. The molecule has 1 aliphatic rings. The van der Waals surface area contributed by atoms with Gasteiger partial charge in [0.1, 0.15) is 11.6 Å². The zero-order valence-electron chi connectivity index (χ0n) is 21.0. The Bertz CT molecular complexity index is 1410. The van der Waals surface area contributed by atoms with Crippen molar-refractivity contribution in [3.63, 3.8) is 0 Å². The van der Waals surface area contributed by atoms with Crippen LogP contribution in [0.5, 0.6) is 0 Å². The van der Waals surface area contributed by atoms with Crippen molar-refractivity contribution in [2.24, 2.45) is 0 Å². The van der Waals surface area contributed by atoms with Crippen LogP contribution in [0.4, 0.5) is 8.78 Å². The summed E-state index contributed by atoms with van der Waals surface area (Å²) < 4.78 is 28.8. The molecule has 1 saturated heterocycles. The molecule has 1 amide bonds. The minimum Gasteiger partial charge on any atom is -0.339 e. The molecule has 0 radical (unpaired) electrons. The lowest BCUT2D eigenvalue weighted by molar-refractivity contribution is -0.135. The quantitative estimate of drug-likeness (QED) is 0.298. The molecule has 0 saturated carbocycles. The summed E-state index contributed by atoms with van der Waals surface area (Å²) >= 11 is 4.90.